The Morgan fingerprint density at radius 3 is 2.31 bits per heavy atom. The van der Waals surface area contributed by atoms with E-state index < -0.39 is 34.4 Å². The van der Waals surface area contributed by atoms with Gasteiger partial charge >= 0.3 is 11.9 Å². The number of esters is 1. The van der Waals surface area contributed by atoms with E-state index in [2.05, 4.69) is 5.43 Å². The van der Waals surface area contributed by atoms with E-state index in [9.17, 15) is 19.5 Å². The Labute approximate surface area is 190 Å². The fourth-order valence-corrected chi connectivity index (χ4v) is 3.83. The van der Waals surface area contributed by atoms with Crippen molar-refractivity contribution in [2.24, 2.45) is 0 Å². The van der Waals surface area contributed by atoms with Crippen LogP contribution in [0.4, 0.5) is 5.69 Å². The second kappa shape index (κ2) is 9.22. The van der Waals surface area contributed by atoms with E-state index >= 15 is 0 Å². The van der Waals surface area contributed by atoms with Crippen molar-refractivity contribution in [2.45, 2.75) is 26.0 Å². The standard InChI is InChI=1S/C23H24ClN2O6/c1-13-11-16-12-18(31-3)9-10-19(16)26(13,22(29)15-5-7-17(24)8-6-15)25-20(23(30)32-4)21(28)14(2)27/h5-12,20-21,25,28H,1-4H3/q+1/t20-,21?,26?/m0/s1. The molecule has 1 aliphatic heterocycles. The molecule has 0 saturated carbocycles. The van der Waals surface area contributed by atoms with Crippen molar-refractivity contribution in [1.29, 1.82) is 0 Å². The number of nitrogens with zero attached hydrogens (tertiary/aromatic N) is 1. The summed E-state index contributed by atoms with van der Waals surface area (Å²) in [5.41, 5.74) is 4.91. The van der Waals surface area contributed by atoms with Gasteiger partial charge in [-0.05, 0) is 43.3 Å². The third kappa shape index (κ3) is 4.05. The molecule has 1 aliphatic rings. The number of allylic oxidation sites excluding steroid dienone is 1. The SMILES string of the molecule is COC(=O)[C@@H](N[N+]1(C(=O)c2ccc(Cl)cc2)C(C)=Cc2cc(OC)ccc21)C(O)C(C)=O. The Hall–Kier alpha value is -3.04. The molecule has 0 aliphatic carbocycles. The molecule has 1 amide bonds. The number of nitrogens with one attached hydrogen (secondary N) is 1. The lowest BCUT2D eigenvalue weighted by Crippen LogP contribution is -2.68. The zero-order chi connectivity index (χ0) is 23.6. The minimum Gasteiger partial charge on any atom is -0.497 e. The molecule has 2 N–H and O–H groups in total. The molecule has 0 radical (unpaired) electrons. The maximum atomic E-state index is 13.9. The van der Waals surface area contributed by atoms with E-state index in [0.29, 0.717) is 33.3 Å². The maximum Gasteiger partial charge on any atom is 0.375 e. The number of methoxy groups -OCH3 is 2. The number of ether oxygens (including phenoxy) is 2. The average Bonchev–Trinajstić information content (AvgIpc) is 3.07. The predicted octanol–water partition coefficient (Wildman–Crippen LogP) is 2.87. The Morgan fingerprint density at radius 1 is 1.09 bits per heavy atom. The zero-order valence-corrected chi connectivity index (χ0v) is 18.8. The summed E-state index contributed by atoms with van der Waals surface area (Å²) in [7, 11) is 2.67. The van der Waals surface area contributed by atoms with Gasteiger partial charge in [-0.25, -0.2) is 4.79 Å². The number of ketones is 1. The summed E-state index contributed by atoms with van der Waals surface area (Å²) in [6.45, 7) is 2.86. The molecule has 2 unspecified atom stereocenters. The summed E-state index contributed by atoms with van der Waals surface area (Å²) in [5, 5.41) is 10.9. The summed E-state index contributed by atoms with van der Waals surface area (Å²) in [6, 6.07) is 9.91. The van der Waals surface area contributed by atoms with Crippen molar-refractivity contribution in [2.75, 3.05) is 14.2 Å². The van der Waals surface area contributed by atoms with Gasteiger partial charge in [-0.1, -0.05) is 11.6 Å². The quantitative estimate of drug-likeness (QED) is 0.485. The van der Waals surface area contributed by atoms with Gasteiger partial charge in [0.1, 0.15) is 17.6 Å². The number of hydrogen-bond acceptors (Lipinski definition) is 7. The van der Waals surface area contributed by atoms with Crippen molar-refractivity contribution in [3.63, 3.8) is 0 Å². The number of amides is 1. The summed E-state index contributed by atoms with van der Waals surface area (Å²) in [4.78, 5) is 38.4. The van der Waals surface area contributed by atoms with Crippen LogP contribution in [0.3, 0.4) is 0 Å². The first-order valence-corrected chi connectivity index (χ1v) is 10.1. The summed E-state index contributed by atoms with van der Waals surface area (Å²) >= 11 is 5.99. The second-order valence-corrected chi connectivity index (χ2v) is 7.82. The maximum absolute atomic E-state index is 13.9. The highest BCUT2D eigenvalue weighted by atomic mass is 35.5. The van der Waals surface area contributed by atoms with Gasteiger partial charge in [0, 0.05) is 29.7 Å². The number of quaternary nitrogens is 1. The van der Waals surface area contributed by atoms with Crippen molar-refractivity contribution in [3.05, 3.63) is 64.3 Å². The summed E-state index contributed by atoms with van der Waals surface area (Å²) < 4.78 is 9.47. The normalized spacial score (nSPS) is 18.9. The number of Topliss-reactive ketones (excluding diaryl/α,β-unsaturated/α-hetero) is 1. The Balaban J connectivity index is 2.22. The zero-order valence-electron chi connectivity index (χ0n) is 18.1. The lowest BCUT2D eigenvalue weighted by molar-refractivity contribution is -0.150. The molecule has 3 rings (SSSR count). The number of aliphatic hydroxyl groups excluding tert-OH is 1. The molecule has 0 fully saturated rings. The van der Waals surface area contributed by atoms with Crippen LogP contribution in [0.15, 0.2) is 48.2 Å². The number of benzene rings is 2. The molecule has 8 nitrogen and oxygen atoms in total. The number of fused-ring (bicyclic) bond motifs is 1. The molecular formula is C23H24ClN2O6+. The highest BCUT2D eigenvalue weighted by Crippen LogP contribution is 2.42. The van der Waals surface area contributed by atoms with Gasteiger partial charge in [0.15, 0.2) is 17.5 Å². The van der Waals surface area contributed by atoms with E-state index in [1.54, 1.807) is 55.5 Å². The van der Waals surface area contributed by atoms with Crippen LogP contribution in [0.2, 0.25) is 5.02 Å². The highest BCUT2D eigenvalue weighted by Gasteiger charge is 2.52. The largest absolute Gasteiger partial charge is 0.497 e. The number of halogens is 1. The summed E-state index contributed by atoms with van der Waals surface area (Å²) in [6.07, 6.45) is 0.0400. The predicted molar refractivity (Wildman–Crippen MR) is 120 cm³/mol. The molecule has 168 valence electrons. The minimum absolute atomic E-state index is 0.305. The minimum atomic E-state index is -1.73. The third-order valence-corrected chi connectivity index (χ3v) is 5.66. The molecule has 9 heteroatoms. The fourth-order valence-electron chi connectivity index (χ4n) is 3.70. The highest BCUT2D eigenvalue weighted by molar-refractivity contribution is 6.30. The van der Waals surface area contributed by atoms with Crippen LogP contribution in [0.1, 0.15) is 29.8 Å². The van der Waals surface area contributed by atoms with Gasteiger partial charge in [-0.2, -0.15) is 0 Å². The van der Waals surface area contributed by atoms with Gasteiger partial charge in [-0.3, -0.25) is 9.59 Å². The smallest absolute Gasteiger partial charge is 0.375 e. The van der Waals surface area contributed by atoms with Crippen molar-refractivity contribution in [3.8, 4) is 5.75 Å². The van der Waals surface area contributed by atoms with Crippen LogP contribution in [0, 0.1) is 0 Å². The van der Waals surface area contributed by atoms with E-state index in [0.717, 1.165) is 14.0 Å². The number of hydrogen-bond donors (Lipinski definition) is 2. The monoisotopic (exact) mass is 459 g/mol. The molecule has 0 bridgehead atoms. The molecular weight excluding hydrogens is 436 g/mol. The Morgan fingerprint density at radius 2 is 1.75 bits per heavy atom. The van der Waals surface area contributed by atoms with Crippen molar-refractivity contribution < 1.29 is 29.0 Å². The van der Waals surface area contributed by atoms with E-state index in [4.69, 9.17) is 21.1 Å². The molecule has 32 heavy (non-hydrogen) atoms. The van der Waals surface area contributed by atoms with Crippen LogP contribution in [0.5, 0.6) is 5.75 Å². The van der Waals surface area contributed by atoms with Crippen LogP contribution < -0.4 is 14.8 Å². The average molecular weight is 460 g/mol. The first-order valence-electron chi connectivity index (χ1n) is 9.76. The number of carbonyl (C=O) groups is 3. The fraction of sp³-hybridized carbons (Fsp3) is 0.261. The lowest BCUT2D eigenvalue weighted by atomic mass is 10.1. The van der Waals surface area contributed by atoms with Crippen molar-refractivity contribution >= 4 is 41.0 Å². The van der Waals surface area contributed by atoms with Gasteiger partial charge in [0.05, 0.1) is 19.8 Å². The van der Waals surface area contributed by atoms with Gasteiger partial charge in [-0.15, -0.1) is 10.0 Å². The molecule has 3 atom stereocenters. The topological polar surface area (TPSA) is 102 Å². The molecule has 1 heterocycles. The molecule has 0 spiro atoms. The lowest BCUT2D eigenvalue weighted by Gasteiger charge is -2.36. The van der Waals surface area contributed by atoms with Gasteiger partial charge < -0.3 is 14.6 Å². The third-order valence-electron chi connectivity index (χ3n) is 5.41. The summed E-state index contributed by atoms with van der Waals surface area (Å²) in [5.74, 6) is -1.39. The second-order valence-electron chi connectivity index (χ2n) is 7.38. The van der Waals surface area contributed by atoms with Gasteiger partial charge in [0.25, 0.3) is 0 Å². The van der Waals surface area contributed by atoms with Crippen LogP contribution in [-0.4, -0.2) is 49.1 Å². The molecule has 0 aromatic heterocycles. The molecule has 2 aromatic rings. The van der Waals surface area contributed by atoms with E-state index in [1.807, 2.05) is 0 Å². The molecule has 0 saturated heterocycles. The van der Waals surface area contributed by atoms with Crippen LogP contribution in [-0.2, 0) is 14.3 Å². The Bertz CT molecular complexity index is 1100. The van der Waals surface area contributed by atoms with E-state index in [1.165, 1.54) is 7.11 Å². The van der Waals surface area contributed by atoms with Crippen LogP contribution in [0.25, 0.3) is 6.08 Å². The Kier molecular flexibility index (Phi) is 6.80. The van der Waals surface area contributed by atoms with Crippen LogP contribution >= 0.6 is 11.6 Å². The number of carbonyl (C=O) groups excluding carboxylic acids is 3. The number of rotatable bonds is 7. The number of aliphatic hydroxyl groups is 1. The van der Waals surface area contributed by atoms with Crippen molar-refractivity contribution in [1.82, 2.24) is 10.0 Å². The molecule has 2 aromatic carbocycles. The first-order chi connectivity index (χ1) is 15.1. The first kappa shape index (κ1) is 23.6. The van der Waals surface area contributed by atoms with E-state index in [-0.39, 0.29) is 0 Å². The van der Waals surface area contributed by atoms with Gasteiger partial charge in [0.2, 0.25) is 0 Å².